The van der Waals surface area contributed by atoms with Crippen molar-refractivity contribution in [3.05, 3.63) is 11.6 Å². The molecule has 0 amide bonds. The van der Waals surface area contributed by atoms with Gasteiger partial charge in [-0.3, -0.25) is 9.80 Å². The fraction of sp³-hybridized carbons (Fsp3) is 0.857. The van der Waals surface area contributed by atoms with Crippen LogP contribution in [0.15, 0.2) is 0 Å². The second-order valence-corrected chi connectivity index (χ2v) is 6.47. The Morgan fingerprint density at radius 3 is 1.92 bits per heavy atom. The van der Waals surface area contributed by atoms with Crippen molar-refractivity contribution < 1.29 is 0 Å². The molecule has 2 saturated heterocycles. The molecule has 0 aliphatic carbocycles. The molecule has 0 spiro atoms. The van der Waals surface area contributed by atoms with E-state index in [1.165, 1.54) is 4.80 Å². The molecule has 2 aliphatic rings. The van der Waals surface area contributed by atoms with E-state index in [9.17, 15) is 0 Å². The zero-order chi connectivity index (χ0) is 18.2. The van der Waals surface area contributed by atoms with Crippen molar-refractivity contribution in [1.82, 2.24) is 60.8 Å². The van der Waals surface area contributed by atoms with E-state index in [0.717, 1.165) is 77.1 Å². The fourth-order valence-electron chi connectivity index (χ4n) is 2.91. The standard InChI is InChI=1S/2C7H14N6/c1-12-7(9-10-11-12)6-13-4-2-8-3-5-13;1-12-10-7(9-11-12)6-13-4-2-8-3-5-13/h2*8H,2-6H2,1H3. The molecule has 0 unspecified atom stereocenters. The van der Waals surface area contributed by atoms with E-state index in [-0.39, 0.29) is 0 Å². The predicted octanol–water partition coefficient (Wildman–Crippen LogP) is -2.77. The highest BCUT2D eigenvalue weighted by Crippen LogP contribution is 1.99. The fourth-order valence-corrected chi connectivity index (χ4v) is 2.91. The van der Waals surface area contributed by atoms with Crippen molar-refractivity contribution >= 4 is 0 Å². The summed E-state index contributed by atoms with van der Waals surface area (Å²) in [5.74, 6) is 1.74. The molecular weight excluding hydrogens is 336 g/mol. The van der Waals surface area contributed by atoms with E-state index in [1.807, 2.05) is 7.05 Å². The minimum atomic E-state index is 0.810. The number of piperazine rings is 2. The summed E-state index contributed by atoms with van der Waals surface area (Å²) in [7, 11) is 3.66. The molecule has 2 N–H and O–H groups in total. The van der Waals surface area contributed by atoms with Crippen molar-refractivity contribution in [2.24, 2.45) is 14.1 Å². The summed E-state index contributed by atoms with van der Waals surface area (Å²) in [6, 6.07) is 0. The lowest BCUT2D eigenvalue weighted by atomic mass is 10.3. The summed E-state index contributed by atoms with van der Waals surface area (Å²) in [5.41, 5.74) is 0. The molecule has 2 aromatic heterocycles. The van der Waals surface area contributed by atoms with Crippen LogP contribution >= 0.6 is 0 Å². The van der Waals surface area contributed by atoms with Gasteiger partial charge in [0.15, 0.2) is 11.6 Å². The van der Waals surface area contributed by atoms with Crippen LogP contribution in [-0.4, -0.2) is 103 Å². The molecule has 144 valence electrons. The number of rotatable bonds is 4. The van der Waals surface area contributed by atoms with Crippen LogP contribution < -0.4 is 10.6 Å². The Morgan fingerprint density at radius 2 is 1.42 bits per heavy atom. The second-order valence-electron chi connectivity index (χ2n) is 6.47. The Bertz CT molecular complexity index is 640. The van der Waals surface area contributed by atoms with Gasteiger partial charge in [0.25, 0.3) is 0 Å². The normalized spacial score (nSPS) is 19.2. The largest absolute Gasteiger partial charge is 0.314 e. The Balaban J connectivity index is 0.000000151. The van der Waals surface area contributed by atoms with Gasteiger partial charge in [-0.1, -0.05) is 0 Å². The molecule has 0 aromatic carbocycles. The summed E-state index contributed by atoms with van der Waals surface area (Å²) in [6.45, 7) is 10.2. The van der Waals surface area contributed by atoms with Gasteiger partial charge in [0, 0.05) is 59.4 Å². The molecular formula is C14H28N12. The smallest absolute Gasteiger partial charge is 0.188 e. The first-order chi connectivity index (χ1) is 12.7. The Labute approximate surface area is 152 Å². The van der Waals surface area contributed by atoms with Gasteiger partial charge in [0.2, 0.25) is 0 Å². The van der Waals surface area contributed by atoms with Gasteiger partial charge in [0.05, 0.1) is 20.1 Å². The highest BCUT2D eigenvalue weighted by atomic mass is 15.6. The summed E-state index contributed by atoms with van der Waals surface area (Å²) in [4.78, 5) is 6.17. The number of aromatic nitrogens is 8. The third-order valence-corrected chi connectivity index (χ3v) is 4.41. The van der Waals surface area contributed by atoms with Gasteiger partial charge in [-0.05, 0) is 15.6 Å². The first-order valence-corrected chi connectivity index (χ1v) is 9.01. The minimum Gasteiger partial charge on any atom is -0.314 e. The Morgan fingerprint density at radius 1 is 0.808 bits per heavy atom. The summed E-state index contributed by atoms with van der Waals surface area (Å²) in [6.07, 6.45) is 0. The van der Waals surface area contributed by atoms with Crippen LogP contribution in [0.3, 0.4) is 0 Å². The maximum atomic E-state index is 4.14. The lowest BCUT2D eigenvalue weighted by molar-refractivity contribution is 0.225. The van der Waals surface area contributed by atoms with E-state index in [4.69, 9.17) is 0 Å². The maximum absolute atomic E-state index is 4.14. The van der Waals surface area contributed by atoms with Crippen molar-refractivity contribution in [2.75, 3.05) is 52.4 Å². The molecule has 4 heterocycles. The monoisotopic (exact) mass is 364 g/mol. The van der Waals surface area contributed by atoms with Crippen LogP contribution in [0, 0.1) is 0 Å². The SMILES string of the molecule is Cn1nnc(CN2CCNCC2)n1.Cn1nnnc1CN1CCNCC1. The number of tetrazole rings is 2. The number of aryl methyl sites for hydroxylation is 2. The molecule has 0 saturated carbocycles. The lowest BCUT2D eigenvalue weighted by Crippen LogP contribution is -2.43. The number of nitrogens with one attached hydrogen (secondary N) is 2. The van der Waals surface area contributed by atoms with Crippen molar-refractivity contribution in [3.63, 3.8) is 0 Å². The third kappa shape index (κ3) is 5.76. The summed E-state index contributed by atoms with van der Waals surface area (Å²) < 4.78 is 1.72. The molecule has 0 radical (unpaired) electrons. The van der Waals surface area contributed by atoms with Crippen molar-refractivity contribution in [1.29, 1.82) is 0 Å². The first-order valence-electron chi connectivity index (χ1n) is 9.01. The zero-order valence-corrected chi connectivity index (χ0v) is 15.5. The van der Waals surface area contributed by atoms with Crippen LogP contribution in [0.25, 0.3) is 0 Å². The molecule has 12 nitrogen and oxygen atoms in total. The highest BCUT2D eigenvalue weighted by molar-refractivity contribution is 4.81. The Kier molecular flexibility index (Phi) is 6.94. The molecule has 2 fully saturated rings. The number of hydrogen-bond donors (Lipinski definition) is 2. The highest BCUT2D eigenvalue weighted by Gasteiger charge is 2.13. The average Bonchev–Trinajstić information content (AvgIpc) is 3.26. The molecule has 0 bridgehead atoms. The molecule has 2 aromatic rings. The van der Waals surface area contributed by atoms with Crippen LogP contribution in [-0.2, 0) is 27.2 Å². The van der Waals surface area contributed by atoms with Gasteiger partial charge >= 0.3 is 0 Å². The van der Waals surface area contributed by atoms with E-state index in [2.05, 4.69) is 51.4 Å². The molecule has 4 rings (SSSR count). The van der Waals surface area contributed by atoms with Crippen LogP contribution in [0.1, 0.15) is 11.6 Å². The van der Waals surface area contributed by atoms with Crippen LogP contribution in [0.4, 0.5) is 0 Å². The van der Waals surface area contributed by atoms with E-state index in [0.29, 0.717) is 0 Å². The van der Waals surface area contributed by atoms with Crippen molar-refractivity contribution in [2.45, 2.75) is 13.1 Å². The van der Waals surface area contributed by atoms with Crippen LogP contribution in [0.2, 0.25) is 0 Å². The number of nitrogens with zero attached hydrogens (tertiary/aromatic N) is 10. The van der Waals surface area contributed by atoms with Gasteiger partial charge in [0.1, 0.15) is 0 Å². The van der Waals surface area contributed by atoms with E-state index < -0.39 is 0 Å². The third-order valence-electron chi connectivity index (χ3n) is 4.41. The van der Waals surface area contributed by atoms with Crippen LogP contribution in [0.5, 0.6) is 0 Å². The quantitative estimate of drug-likeness (QED) is 0.590. The molecule has 0 atom stereocenters. The second kappa shape index (κ2) is 9.62. The lowest BCUT2D eigenvalue weighted by Gasteiger charge is -2.26. The van der Waals surface area contributed by atoms with Gasteiger partial charge in [-0.25, -0.2) is 4.68 Å². The van der Waals surface area contributed by atoms with E-state index >= 15 is 0 Å². The van der Waals surface area contributed by atoms with Gasteiger partial charge < -0.3 is 10.6 Å². The summed E-state index contributed by atoms with van der Waals surface area (Å²) >= 11 is 0. The average molecular weight is 364 g/mol. The van der Waals surface area contributed by atoms with Crippen molar-refractivity contribution in [3.8, 4) is 0 Å². The molecule has 2 aliphatic heterocycles. The zero-order valence-electron chi connectivity index (χ0n) is 15.5. The summed E-state index contributed by atoms with van der Waals surface area (Å²) in [5, 5.41) is 29.8. The maximum Gasteiger partial charge on any atom is 0.188 e. The topological polar surface area (TPSA) is 118 Å². The molecule has 26 heavy (non-hydrogen) atoms. The molecule has 12 heteroatoms. The first kappa shape index (κ1) is 18.8. The van der Waals surface area contributed by atoms with E-state index in [1.54, 1.807) is 11.7 Å². The van der Waals surface area contributed by atoms with Gasteiger partial charge in [-0.2, -0.15) is 4.80 Å². The van der Waals surface area contributed by atoms with Gasteiger partial charge in [-0.15, -0.1) is 15.3 Å². The number of hydrogen-bond acceptors (Lipinski definition) is 10. The predicted molar refractivity (Wildman–Crippen MR) is 93.9 cm³/mol. The Hall–Kier alpha value is -2.02. The minimum absolute atomic E-state index is 0.810.